The number of anilines is 1. The molecule has 2 amide bonds. The zero-order chi connectivity index (χ0) is 17.1. The lowest BCUT2D eigenvalue weighted by molar-refractivity contribution is 0.177. The Morgan fingerprint density at radius 3 is 2.96 bits per heavy atom. The van der Waals surface area contributed by atoms with E-state index in [1.807, 2.05) is 30.7 Å². The van der Waals surface area contributed by atoms with Gasteiger partial charge in [0.15, 0.2) is 5.82 Å². The summed E-state index contributed by atoms with van der Waals surface area (Å²) in [5.74, 6) is 2.18. The Kier molecular flexibility index (Phi) is 4.75. The summed E-state index contributed by atoms with van der Waals surface area (Å²) in [6.07, 6.45) is 1.61. The van der Waals surface area contributed by atoms with Crippen molar-refractivity contribution in [3.05, 3.63) is 35.0 Å². The molecule has 3 rings (SSSR count). The van der Waals surface area contributed by atoms with E-state index in [9.17, 15) is 4.79 Å². The summed E-state index contributed by atoms with van der Waals surface area (Å²) in [6.45, 7) is 4.89. The highest BCUT2D eigenvalue weighted by molar-refractivity contribution is 5.88. The standard InChI is InChI=1S/C16H22N6O2/c1-10-6-11(2)17-13(7-10)20-16(23)18-12-4-5-15-19-14(9-24-3)21-22(15)8-12/h6-7,12H,4-5,8-9H2,1-3H3,(H2,17,18,20,23)/t12-/m0/s1. The molecule has 1 atom stereocenters. The molecular formula is C16H22N6O2. The van der Waals surface area contributed by atoms with Gasteiger partial charge in [-0.15, -0.1) is 0 Å². The van der Waals surface area contributed by atoms with E-state index in [1.165, 1.54) is 0 Å². The second-order valence-corrected chi connectivity index (χ2v) is 6.06. The van der Waals surface area contributed by atoms with E-state index in [4.69, 9.17) is 4.74 Å². The highest BCUT2D eigenvalue weighted by atomic mass is 16.5. The number of fused-ring (bicyclic) bond motifs is 1. The number of amides is 2. The smallest absolute Gasteiger partial charge is 0.320 e. The van der Waals surface area contributed by atoms with Crippen LogP contribution in [0.3, 0.4) is 0 Å². The Bertz CT molecular complexity index is 722. The number of hydrogen-bond acceptors (Lipinski definition) is 5. The fraction of sp³-hybridized carbons (Fsp3) is 0.500. The van der Waals surface area contributed by atoms with E-state index < -0.39 is 0 Å². The zero-order valence-corrected chi connectivity index (χ0v) is 14.2. The molecule has 0 aromatic carbocycles. The van der Waals surface area contributed by atoms with Crippen LogP contribution in [-0.4, -0.2) is 38.9 Å². The first kappa shape index (κ1) is 16.4. The normalized spacial score (nSPS) is 16.5. The van der Waals surface area contributed by atoms with E-state index >= 15 is 0 Å². The molecule has 0 bridgehead atoms. The lowest BCUT2D eigenvalue weighted by atomic mass is 10.1. The molecule has 8 heteroatoms. The molecule has 0 fully saturated rings. The number of carbonyl (C=O) groups is 1. The van der Waals surface area contributed by atoms with E-state index in [0.29, 0.717) is 24.8 Å². The number of hydrogen-bond donors (Lipinski definition) is 2. The summed E-state index contributed by atoms with van der Waals surface area (Å²) >= 11 is 0. The number of methoxy groups -OCH3 is 1. The Morgan fingerprint density at radius 1 is 1.38 bits per heavy atom. The molecule has 0 spiro atoms. The van der Waals surface area contributed by atoms with Crippen LogP contribution in [0.1, 0.15) is 29.3 Å². The Balaban J connectivity index is 1.59. The van der Waals surface area contributed by atoms with E-state index in [0.717, 1.165) is 29.9 Å². The van der Waals surface area contributed by atoms with Crippen LogP contribution in [0, 0.1) is 13.8 Å². The highest BCUT2D eigenvalue weighted by Crippen LogP contribution is 2.14. The molecular weight excluding hydrogens is 308 g/mol. The quantitative estimate of drug-likeness (QED) is 0.887. The van der Waals surface area contributed by atoms with Gasteiger partial charge < -0.3 is 10.1 Å². The van der Waals surface area contributed by atoms with Crippen molar-refractivity contribution >= 4 is 11.8 Å². The van der Waals surface area contributed by atoms with Gasteiger partial charge in [-0.1, -0.05) is 0 Å². The number of nitrogens with zero attached hydrogens (tertiary/aromatic N) is 4. The van der Waals surface area contributed by atoms with Crippen LogP contribution in [0.25, 0.3) is 0 Å². The van der Waals surface area contributed by atoms with Gasteiger partial charge in [-0.25, -0.2) is 19.4 Å². The molecule has 24 heavy (non-hydrogen) atoms. The minimum Gasteiger partial charge on any atom is -0.377 e. The minimum absolute atomic E-state index is 0.0144. The van der Waals surface area contributed by atoms with Gasteiger partial charge in [0.05, 0.1) is 12.6 Å². The fourth-order valence-electron chi connectivity index (χ4n) is 2.91. The molecule has 2 aromatic heterocycles. The number of aryl methyl sites for hydroxylation is 3. The maximum absolute atomic E-state index is 12.2. The largest absolute Gasteiger partial charge is 0.377 e. The van der Waals surface area contributed by atoms with Gasteiger partial charge in [0.25, 0.3) is 0 Å². The molecule has 0 saturated heterocycles. The van der Waals surface area contributed by atoms with Gasteiger partial charge in [-0.3, -0.25) is 5.32 Å². The molecule has 0 radical (unpaired) electrons. The van der Waals surface area contributed by atoms with Crippen molar-refractivity contribution < 1.29 is 9.53 Å². The first-order chi connectivity index (χ1) is 11.5. The topological polar surface area (TPSA) is 94.0 Å². The number of rotatable bonds is 4. The number of nitrogens with one attached hydrogen (secondary N) is 2. The predicted molar refractivity (Wildman–Crippen MR) is 88.7 cm³/mol. The lowest BCUT2D eigenvalue weighted by Crippen LogP contribution is -2.43. The van der Waals surface area contributed by atoms with Crippen molar-refractivity contribution in [2.75, 3.05) is 12.4 Å². The van der Waals surface area contributed by atoms with Crippen LogP contribution in [0.15, 0.2) is 12.1 Å². The number of urea groups is 1. The van der Waals surface area contributed by atoms with Gasteiger partial charge in [-0.05, 0) is 38.0 Å². The number of aromatic nitrogens is 4. The number of pyridine rings is 1. The maximum Gasteiger partial charge on any atom is 0.320 e. The van der Waals surface area contributed by atoms with Crippen LogP contribution in [0.5, 0.6) is 0 Å². The van der Waals surface area contributed by atoms with Crippen LogP contribution in [0.4, 0.5) is 10.6 Å². The average molecular weight is 330 g/mol. The van der Waals surface area contributed by atoms with Crippen molar-refractivity contribution in [2.45, 2.75) is 45.9 Å². The third-order valence-electron chi connectivity index (χ3n) is 3.85. The summed E-state index contributed by atoms with van der Waals surface area (Å²) in [4.78, 5) is 20.9. The third kappa shape index (κ3) is 3.88. The molecule has 128 valence electrons. The molecule has 2 aromatic rings. The summed E-state index contributed by atoms with van der Waals surface area (Å²) in [5.41, 5.74) is 1.94. The number of carbonyl (C=O) groups excluding carboxylic acids is 1. The van der Waals surface area contributed by atoms with Crippen molar-refractivity contribution in [3.8, 4) is 0 Å². The molecule has 2 N–H and O–H groups in total. The van der Waals surface area contributed by atoms with E-state index in [2.05, 4.69) is 25.7 Å². The van der Waals surface area contributed by atoms with Crippen molar-refractivity contribution in [2.24, 2.45) is 0 Å². The molecule has 1 aliphatic heterocycles. The molecule has 0 unspecified atom stereocenters. The summed E-state index contributed by atoms with van der Waals surface area (Å²) in [5, 5.41) is 10.2. The molecule has 0 saturated carbocycles. The molecule has 1 aliphatic rings. The van der Waals surface area contributed by atoms with E-state index in [-0.39, 0.29) is 12.1 Å². The van der Waals surface area contributed by atoms with Crippen molar-refractivity contribution in [3.63, 3.8) is 0 Å². The Labute approximate surface area is 140 Å². The SMILES string of the molecule is COCc1nc2n(n1)C[C@@H](NC(=O)Nc1cc(C)cc(C)n1)CC2. The zero-order valence-electron chi connectivity index (χ0n) is 14.2. The fourth-order valence-corrected chi connectivity index (χ4v) is 2.91. The Hall–Kier alpha value is -2.48. The second-order valence-electron chi connectivity index (χ2n) is 6.06. The second kappa shape index (κ2) is 6.96. The van der Waals surface area contributed by atoms with E-state index in [1.54, 1.807) is 7.11 Å². The first-order valence-electron chi connectivity index (χ1n) is 7.98. The Morgan fingerprint density at radius 2 is 2.21 bits per heavy atom. The summed E-state index contributed by atoms with van der Waals surface area (Å²) in [7, 11) is 1.62. The first-order valence-corrected chi connectivity index (χ1v) is 7.98. The van der Waals surface area contributed by atoms with Crippen molar-refractivity contribution in [1.82, 2.24) is 25.1 Å². The van der Waals surface area contributed by atoms with Crippen LogP contribution in [0.2, 0.25) is 0 Å². The average Bonchev–Trinajstić information content (AvgIpc) is 2.88. The lowest BCUT2D eigenvalue weighted by Gasteiger charge is -2.23. The molecule has 3 heterocycles. The third-order valence-corrected chi connectivity index (χ3v) is 3.85. The predicted octanol–water partition coefficient (Wildman–Crippen LogP) is 1.57. The number of ether oxygens (including phenoxy) is 1. The highest BCUT2D eigenvalue weighted by Gasteiger charge is 2.23. The van der Waals surface area contributed by atoms with Crippen molar-refractivity contribution in [1.29, 1.82) is 0 Å². The van der Waals surface area contributed by atoms with Gasteiger partial charge in [0, 0.05) is 19.2 Å². The van der Waals surface area contributed by atoms with Gasteiger partial charge in [0.2, 0.25) is 0 Å². The maximum atomic E-state index is 12.2. The summed E-state index contributed by atoms with van der Waals surface area (Å²) in [6, 6.07) is 3.58. The van der Waals surface area contributed by atoms with Crippen LogP contribution < -0.4 is 10.6 Å². The molecule has 0 aliphatic carbocycles. The summed E-state index contributed by atoms with van der Waals surface area (Å²) < 4.78 is 6.90. The van der Waals surface area contributed by atoms with Gasteiger partial charge >= 0.3 is 6.03 Å². The monoisotopic (exact) mass is 330 g/mol. The molecule has 8 nitrogen and oxygen atoms in total. The van der Waals surface area contributed by atoms with Crippen LogP contribution in [-0.2, 0) is 24.3 Å². The van der Waals surface area contributed by atoms with Gasteiger partial charge in [0.1, 0.15) is 18.2 Å². The minimum atomic E-state index is -0.252. The van der Waals surface area contributed by atoms with Crippen LogP contribution >= 0.6 is 0 Å². The van der Waals surface area contributed by atoms with Gasteiger partial charge in [-0.2, -0.15) is 5.10 Å².